The number of nitrogens with zero attached hydrogens (tertiary/aromatic N) is 1. The minimum atomic E-state index is -0.669. The molecule has 4 nitrogen and oxygen atoms in total. The Bertz CT molecular complexity index is 678. The van der Waals surface area contributed by atoms with E-state index >= 15 is 0 Å². The van der Waals surface area contributed by atoms with E-state index < -0.39 is 17.5 Å². The summed E-state index contributed by atoms with van der Waals surface area (Å²) in [6.45, 7) is 1.69. The van der Waals surface area contributed by atoms with Crippen LogP contribution in [0.25, 0.3) is 0 Å². The monoisotopic (exact) mass is 337 g/mol. The summed E-state index contributed by atoms with van der Waals surface area (Å²) >= 11 is 1.45. The Morgan fingerprint density at radius 1 is 1.39 bits per heavy atom. The third kappa shape index (κ3) is 3.73. The standard InChI is InChI=1S/C16H17F2N3OS/c17-12-4-1-5-13(18)11(12)8-20-15(22)14-9-23-16(21-14)10-3-2-6-19-7-10/h1,4-5,9-10,19H,2-3,6-8H2,(H,20,22). The molecule has 7 heteroatoms. The van der Waals surface area contributed by atoms with E-state index in [0.717, 1.165) is 30.9 Å². The lowest BCUT2D eigenvalue weighted by molar-refractivity contribution is 0.0945. The smallest absolute Gasteiger partial charge is 0.271 e. The van der Waals surface area contributed by atoms with Crippen molar-refractivity contribution in [2.24, 2.45) is 0 Å². The molecule has 0 aliphatic carbocycles. The van der Waals surface area contributed by atoms with Gasteiger partial charge in [0.1, 0.15) is 17.3 Å². The topological polar surface area (TPSA) is 54.0 Å². The van der Waals surface area contributed by atoms with Gasteiger partial charge in [0, 0.05) is 30.0 Å². The number of hydrogen-bond acceptors (Lipinski definition) is 4. The molecular formula is C16H17F2N3OS. The summed E-state index contributed by atoms with van der Waals surface area (Å²) in [5.74, 6) is -1.42. The van der Waals surface area contributed by atoms with E-state index in [2.05, 4.69) is 15.6 Å². The fourth-order valence-electron chi connectivity index (χ4n) is 2.60. The van der Waals surface area contributed by atoms with Crippen LogP contribution >= 0.6 is 11.3 Å². The second kappa shape index (κ2) is 7.14. The highest BCUT2D eigenvalue weighted by Crippen LogP contribution is 2.26. The highest BCUT2D eigenvalue weighted by molar-refractivity contribution is 7.09. The number of rotatable bonds is 4. The van der Waals surface area contributed by atoms with Crippen LogP contribution in [0.3, 0.4) is 0 Å². The third-order valence-corrected chi connectivity index (χ3v) is 4.90. The maximum atomic E-state index is 13.5. The molecule has 3 rings (SSSR count). The highest BCUT2D eigenvalue weighted by Gasteiger charge is 2.20. The van der Waals surface area contributed by atoms with Crippen molar-refractivity contribution in [3.05, 3.63) is 51.5 Å². The molecule has 1 aliphatic heterocycles. The first kappa shape index (κ1) is 16.0. The number of nitrogens with one attached hydrogen (secondary N) is 2. The maximum Gasteiger partial charge on any atom is 0.271 e. The molecule has 1 aliphatic rings. The van der Waals surface area contributed by atoms with Gasteiger partial charge < -0.3 is 10.6 Å². The van der Waals surface area contributed by atoms with Crippen LogP contribution in [0.1, 0.15) is 39.8 Å². The Balaban J connectivity index is 1.63. The van der Waals surface area contributed by atoms with Crippen LogP contribution in [0, 0.1) is 11.6 Å². The summed E-state index contributed by atoms with van der Waals surface area (Å²) in [4.78, 5) is 16.5. The van der Waals surface area contributed by atoms with Crippen LogP contribution in [-0.4, -0.2) is 24.0 Å². The number of carbonyl (C=O) groups is 1. The number of thiazole rings is 1. The number of piperidine rings is 1. The van der Waals surface area contributed by atoms with E-state index in [1.54, 1.807) is 5.38 Å². The van der Waals surface area contributed by atoms with Gasteiger partial charge in [0.25, 0.3) is 5.91 Å². The predicted molar refractivity (Wildman–Crippen MR) is 84.5 cm³/mol. The Kier molecular flexibility index (Phi) is 4.97. The number of hydrogen-bond donors (Lipinski definition) is 2. The van der Waals surface area contributed by atoms with Crippen molar-refractivity contribution in [1.82, 2.24) is 15.6 Å². The summed E-state index contributed by atoms with van der Waals surface area (Å²) in [6.07, 6.45) is 2.15. The van der Waals surface area contributed by atoms with Gasteiger partial charge >= 0.3 is 0 Å². The zero-order chi connectivity index (χ0) is 16.2. The SMILES string of the molecule is O=C(NCc1c(F)cccc1F)c1csc(C2CCCNC2)n1. The summed E-state index contributed by atoms with van der Waals surface area (Å²) in [5, 5.41) is 8.46. The summed E-state index contributed by atoms with van der Waals surface area (Å²) in [7, 11) is 0. The van der Waals surface area contributed by atoms with Gasteiger partial charge in [-0.25, -0.2) is 13.8 Å². The Morgan fingerprint density at radius 3 is 2.87 bits per heavy atom. The van der Waals surface area contributed by atoms with E-state index in [-0.39, 0.29) is 12.1 Å². The van der Waals surface area contributed by atoms with E-state index in [1.165, 1.54) is 29.5 Å². The first-order valence-corrected chi connectivity index (χ1v) is 8.40. The maximum absolute atomic E-state index is 13.5. The first-order valence-electron chi connectivity index (χ1n) is 7.52. The lowest BCUT2D eigenvalue weighted by Crippen LogP contribution is -2.28. The van der Waals surface area contributed by atoms with Gasteiger partial charge in [-0.3, -0.25) is 4.79 Å². The molecule has 0 radical (unpaired) electrons. The van der Waals surface area contributed by atoms with Crippen molar-refractivity contribution in [2.45, 2.75) is 25.3 Å². The molecule has 23 heavy (non-hydrogen) atoms. The molecule has 122 valence electrons. The van der Waals surface area contributed by atoms with Crippen LogP contribution in [0.4, 0.5) is 8.78 Å². The summed E-state index contributed by atoms with van der Waals surface area (Å²) in [5.41, 5.74) is 0.153. The molecule has 1 atom stereocenters. The van der Waals surface area contributed by atoms with E-state index in [1.807, 2.05) is 0 Å². The van der Waals surface area contributed by atoms with Gasteiger partial charge in [0.05, 0.1) is 5.01 Å². The molecule has 2 heterocycles. The summed E-state index contributed by atoms with van der Waals surface area (Å²) < 4.78 is 27.1. The molecule has 1 aromatic carbocycles. The van der Waals surface area contributed by atoms with Gasteiger partial charge in [0.15, 0.2) is 0 Å². The number of amides is 1. The van der Waals surface area contributed by atoms with E-state index in [4.69, 9.17) is 0 Å². The van der Waals surface area contributed by atoms with Gasteiger partial charge in [-0.2, -0.15) is 0 Å². The molecule has 2 aromatic rings. The predicted octanol–water partition coefficient (Wildman–Crippen LogP) is 2.82. The quantitative estimate of drug-likeness (QED) is 0.902. The zero-order valence-electron chi connectivity index (χ0n) is 12.4. The van der Waals surface area contributed by atoms with Crippen LogP contribution in [-0.2, 0) is 6.54 Å². The van der Waals surface area contributed by atoms with Gasteiger partial charge in [0.2, 0.25) is 0 Å². The molecular weight excluding hydrogens is 320 g/mol. The molecule has 0 spiro atoms. The normalized spacial score (nSPS) is 17.9. The van der Waals surface area contributed by atoms with Crippen molar-refractivity contribution >= 4 is 17.2 Å². The average Bonchev–Trinajstić information content (AvgIpc) is 3.05. The molecule has 1 saturated heterocycles. The third-order valence-electron chi connectivity index (χ3n) is 3.89. The molecule has 1 unspecified atom stereocenters. The van der Waals surface area contributed by atoms with Crippen molar-refractivity contribution in [2.75, 3.05) is 13.1 Å². The van der Waals surface area contributed by atoms with Crippen molar-refractivity contribution in [3.8, 4) is 0 Å². The fraction of sp³-hybridized carbons (Fsp3) is 0.375. The molecule has 1 amide bonds. The minimum absolute atomic E-state index is 0.146. The second-order valence-electron chi connectivity index (χ2n) is 5.50. The van der Waals surface area contributed by atoms with Gasteiger partial charge in [-0.15, -0.1) is 11.3 Å². The number of aromatic nitrogens is 1. The van der Waals surface area contributed by atoms with E-state index in [0.29, 0.717) is 11.6 Å². The lowest BCUT2D eigenvalue weighted by atomic mass is 10.0. The van der Waals surface area contributed by atoms with Crippen LogP contribution in [0.5, 0.6) is 0 Å². The molecule has 0 saturated carbocycles. The Labute approximate surface area is 136 Å². The Morgan fingerprint density at radius 2 is 2.17 bits per heavy atom. The molecule has 2 N–H and O–H groups in total. The number of carbonyl (C=O) groups excluding carboxylic acids is 1. The Hall–Kier alpha value is -1.86. The summed E-state index contributed by atoms with van der Waals surface area (Å²) in [6, 6.07) is 3.63. The van der Waals surface area contributed by atoms with Crippen LogP contribution < -0.4 is 10.6 Å². The van der Waals surface area contributed by atoms with Crippen molar-refractivity contribution < 1.29 is 13.6 Å². The van der Waals surface area contributed by atoms with Crippen LogP contribution in [0.2, 0.25) is 0 Å². The molecule has 1 fully saturated rings. The minimum Gasteiger partial charge on any atom is -0.346 e. The first-order chi connectivity index (χ1) is 11.1. The van der Waals surface area contributed by atoms with Gasteiger partial charge in [-0.1, -0.05) is 6.07 Å². The zero-order valence-corrected chi connectivity index (χ0v) is 13.3. The fourth-order valence-corrected chi connectivity index (χ4v) is 3.54. The van der Waals surface area contributed by atoms with Crippen molar-refractivity contribution in [3.63, 3.8) is 0 Å². The highest BCUT2D eigenvalue weighted by atomic mass is 32.1. The largest absolute Gasteiger partial charge is 0.346 e. The lowest BCUT2D eigenvalue weighted by Gasteiger charge is -2.20. The molecule has 1 aromatic heterocycles. The van der Waals surface area contributed by atoms with Crippen LogP contribution in [0.15, 0.2) is 23.6 Å². The number of benzene rings is 1. The molecule has 0 bridgehead atoms. The van der Waals surface area contributed by atoms with Crippen molar-refractivity contribution in [1.29, 1.82) is 0 Å². The number of halogens is 2. The average molecular weight is 337 g/mol. The van der Waals surface area contributed by atoms with Gasteiger partial charge in [-0.05, 0) is 31.5 Å². The second-order valence-corrected chi connectivity index (χ2v) is 6.39. The van der Waals surface area contributed by atoms with E-state index in [9.17, 15) is 13.6 Å².